The van der Waals surface area contributed by atoms with E-state index >= 15 is 0 Å². The van der Waals surface area contributed by atoms with E-state index in [0.717, 1.165) is 5.56 Å². The molecule has 4 nitrogen and oxygen atoms in total. The average molecular weight is 201 g/mol. The van der Waals surface area contributed by atoms with Crippen LogP contribution in [0.25, 0.3) is 0 Å². The number of nitriles is 1. The zero-order valence-electron chi connectivity index (χ0n) is 8.18. The second-order valence-corrected chi connectivity index (χ2v) is 3.63. The van der Waals surface area contributed by atoms with Crippen LogP contribution in [0.15, 0.2) is 24.3 Å². The maximum Gasteiger partial charge on any atom is 0.241 e. The smallest absolute Gasteiger partial charge is 0.241 e. The lowest BCUT2D eigenvalue weighted by Crippen LogP contribution is -2.60. The quantitative estimate of drug-likeness (QED) is 0.696. The van der Waals surface area contributed by atoms with Gasteiger partial charge in [-0.05, 0) is 17.7 Å². The van der Waals surface area contributed by atoms with Crippen LogP contribution < -0.4 is 5.73 Å². The normalized spacial score (nSPS) is 19.6. The molecule has 0 bridgehead atoms. The Morgan fingerprint density at radius 2 is 2.13 bits per heavy atom. The number of carbonyl (C=O) groups is 1. The van der Waals surface area contributed by atoms with Crippen molar-refractivity contribution in [2.45, 2.75) is 12.6 Å². The number of amides is 1. The largest absolute Gasteiger partial charge is 0.335 e. The second-order valence-electron chi connectivity index (χ2n) is 3.63. The van der Waals surface area contributed by atoms with E-state index in [-0.39, 0.29) is 11.9 Å². The van der Waals surface area contributed by atoms with Crippen molar-refractivity contribution < 1.29 is 4.79 Å². The van der Waals surface area contributed by atoms with E-state index in [4.69, 9.17) is 11.0 Å². The van der Waals surface area contributed by atoms with E-state index in [1.165, 1.54) is 0 Å². The van der Waals surface area contributed by atoms with Crippen LogP contribution in [0.2, 0.25) is 0 Å². The standard InChI is InChI=1S/C11H11N3O/c12-5-8-1-3-9(4-2-8)6-14-7-10(13)11(14)15/h1-4,10H,6-7,13H2. The highest BCUT2D eigenvalue weighted by atomic mass is 16.2. The van der Waals surface area contributed by atoms with Crippen molar-refractivity contribution in [2.75, 3.05) is 6.54 Å². The van der Waals surface area contributed by atoms with Crippen molar-refractivity contribution in [3.63, 3.8) is 0 Å². The average Bonchev–Trinajstić information content (AvgIpc) is 2.29. The summed E-state index contributed by atoms with van der Waals surface area (Å²) >= 11 is 0. The number of nitrogens with zero attached hydrogens (tertiary/aromatic N) is 2. The van der Waals surface area contributed by atoms with Crippen LogP contribution in [0.4, 0.5) is 0 Å². The number of benzene rings is 1. The zero-order valence-corrected chi connectivity index (χ0v) is 8.18. The molecule has 1 fully saturated rings. The van der Waals surface area contributed by atoms with Gasteiger partial charge in [0.15, 0.2) is 0 Å². The number of likely N-dealkylation sites (tertiary alicyclic amines) is 1. The molecule has 1 aromatic carbocycles. The highest BCUT2D eigenvalue weighted by Gasteiger charge is 2.32. The van der Waals surface area contributed by atoms with Gasteiger partial charge in [-0.25, -0.2) is 0 Å². The van der Waals surface area contributed by atoms with Crippen LogP contribution >= 0.6 is 0 Å². The summed E-state index contributed by atoms with van der Waals surface area (Å²) in [6.45, 7) is 1.21. The molecule has 0 radical (unpaired) electrons. The Kier molecular flexibility index (Phi) is 2.40. The van der Waals surface area contributed by atoms with Gasteiger partial charge in [0.2, 0.25) is 5.91 Å². The molecule has 0 aromatic heterocycles. The van der Waals surface area contributed by atoms with Crippen molar-refractivity contribution in [1.29, 1.82) is 5.26 Å². The summed E-state index contributed by atoms with van der Waals surface area (Å²) in [7, 11) is 0. The summed E-state index contributed by atoms with van der Waals surface area (Å²) < 4.78 is 0. The van der Waals surface area contributed by atoms with Crippen LogP contribution in [0, 0.1) is 11.3 Å². The molecule has 2 N–H and O–H groups in total. The molecule has 76 valence electrons. The fourth-order valence-electron chi connectivity index (χ4n) is 1.58. The summed E-state index contributed by atoms with van der Waals surface area (Å²) in [4.78, 5) is 12.9. The molecular formula is C11H11N3O. The Morgan fingerprint density at radius 3 is 2.60 bits per heavy atom. The van der Waals surface area contributed by atoms with E-state index in [0.29, 0.717) is 18.7 Å². The maximum atomic E-state index is 11.2. The summed E-state index contributed by atoms with van der Waals surface area (Å²) in [5, 5.41) is 8.61. The molecule has 1 aromatic rings. The predicted molar refractivity (Wildman–Crippen MR) is 54.5 cm³/mol. The molecule has 15 heavy (non-hydrogen) atoms. The van der Waals surface area contributed by atoms with Crippen LogP contribution in [0.1, 0.15) is 11.1 Å². The van der Waals surface area contributed by atoms with Gasteiger partial charge in [0, 0.05) is 13.1 Å². The third kappa shape index (κ3) is 1.83. The summed E-state index contributed by atoms with van der Waals surface area (Å²) in [5.74, 6) is -0.000593. The van der Waals surface area contributed by atoms with Crippen LogP contribution in [0.3, 0.4) is 0 Å². The maximum absolute atomic E-state index is 11.2. The van der Waals surface area contributed by atoms with Gasteiger partial charge in [-0.1, -0.05) is 12.1 Å². The van der Waals surface area contributed by atoms with Crippen molar-refractivity contribution in [2.24, 2.45) is 5.73 Å². The number of hydrogen-bond donors (Lipinski definition) is 1. The third-order valence-electron chi connectivity index (χ3n) is 2.50. The molecule has 0 saturated carbocycles. The first-order valence-corrected chi connectivity index (χ1v) is 4.74. The van der Waals surface area contributed by atoms with Gasteiger partial charge in [0.05, 0.1) is 11.6 Å². The van der Waals surface area contributed by atoms with Gasteiger partial charge in [0.25, 0.3) is 0 Å². The molecule has 0 aliphatic carbocycles. The Hall–Kier alpha value is -1.86. The van der Waals surface area contributed by atoms with Gasteiger partial charge in [-0.3, -0.25) is 4.79 Å². The molecule has 4 heteroatoms. The van der Waals surface area contributed by atoms with E-state index in [2.05, 4.69) is 6.07 Å². The fourth-order valence-corrected chi connectivity index (χ4v) is 1.58. The van der Waals surface area contributed by atoms with Gasteiger partial charge < -0.3 is 10.6 Å². The number of rotatable bonds is 2. The first-order valence-electron chi connectivity index (χ1n) is 4.74. The highest BCUT2D eigenvalue weighted by Crippen LogP contribution is 2.13. The first kappa shape index (κ1) is 9.69. The SMILES string of the molecule is N#Cc1ccc(CN2CC(N)C2=O)cc1. The Labute approximate surface area is 87.9 Å². The highest BCUT2D eigenvalue weighted by molar-refractivity contribution is 5.87. The minimum Gasteiger partial charge on any atom is -0.335 e. The van der Waals surface area contributed by atoms with E-state index in [1.807, 2.05) is 12.1 Å². The van der Waals surface area contributed by atoms with Crippen molar-refractivity contribution >= 4 is 5.91 Å². The summed E-state index contributed by atoms with van der Waals surface area (Å²) in [6, 6.07) is 8.95. The molecule has 1 heterocycles. The molecule has 1 atom stereocenters. The van der Waals surface area contributed by atoms with Crippen molar-refractivity contribution in [1.82, 2.24) is 4.90 Å². The lowest BCUT2D eigenvalue weighted by Gasteiger charge is -2.36. The van der Waals surface area contributed by atoms with Gasteiger partial charge in [0.1, 0.15) is 6.04 Å². The number of β-lactam (4-membered cyclic amide) rings is 1. The van der Waals surface area contributed by atoms with Crippen LogP contribution in [-0.2, 0) is 11.3 Å². The second kappa shape index (κ2) is 3.71. The van der Waals surface area contributed by atoms with E-state index in [1.54, 1.807) is 17.0 Å². The predicted octanol–water partition coefficient (Wildman–Crippen LogP) is 0.228. The van der Waals surface area contributed by atoms with E-state index in [9.17, 15) is 4.79 Å². The molecular weight excluding hydrogens is 190 g/mol. The number of nitrogens with two attached hydrogens (primary N) is 1. The molecule has 1 unspecified atom stereocenters. The molecule has 1 aliphatic heterocycles. The number of hydrogen-bond acceptors (Lipinski definition) is 3. The van der Waals surface area contributed by atoms with Crippen molar-refractivity contribution in [3.8, 4) is 6.07 Å². The van der Waals surface area contributed by atoms with Gasteiger partial charge in [-0.15, -0.1) is 0 Å². The van der Waals surface area contributed by atoms with E-state index < -0.39 is 0 Å². The Morgan fingerprint density at radius 1 is 1.47 bits per heavy atom. The molecule has 1 aliphatic rings. The minimum atomic E-state index is -0.316. The molecule has 2 rings (SSSR count). The monoisotopic (exact) mass is 201 g/mol. The fraction of sp³-hybridized carbons (Fsp3) is 0.273. The van der Waals surface area contributed by atoms with Gasteiger partial charge in [-0.2, -0.15) is 5.26 Å². The van der Waals surface area contributed by atoms with Crippen molar-refractivity contribution in [3.05, 3.63) is 35.4 Å². The Balaban J connectivity index is 2.00. The summed E-state index contributed by atoms with van der Waals surface area (Å²) in [5.41, 5.74) is 7.13. The first-order chi connectivity index (χ1) is 7.20. The number of carbonyl (C=O) groups excluding carboxylic acids is 1. The molecule has 0 spiro atoms. The lowest BCUT2D eigenvalue weighted by atomic mass is 10.1. The third-order valence-corrected chi connectivity index (χ3v) is 2.50. The summed E-state index contributed by atoms with van der Waals surface area (Å²) in [6.07, 6.45) is 0. The minimum absolute atomic E-state index is 0.000593. The zero-order chi connectivity index (χ0) is 10.8. The molecule has 1 saturated heterocycles. The Bertz CT molecular complexity index is 418. The van der Waals surface area contributed by atoms with Crippen LogP contribution in [-0.4, -0.2) is 23.4 Å². The van der Waals surface area contributed by atoms with Gasteiger partial charge >= 0.3 is 0 Å². The lowest BCUT2D eigenvalue weighted by molar-refractivity contribution is -0.143. The topological polar surface area (TPSA) is 70.1 Å². The molecule has 1 amide bonds. The van der Waals surface area contributed by atoms with Crippen LogP contribution in [0.5, 0.6) is 0 Å².